The van der Waals surface area contributed by atoms with E-state index in [0.29, 0.717) is 0 Å². The topological polar surface area (TPSA) is 67.5 Å². The van der Waals surface area contributed by atoms with Crippen LogP contribution < -0.4 is 0 Å². The quantitative estimate of drug-likeness (QED) is 0.678. The lowest BCUT2D eigenvalue weighted by Crippen LogP contribution is -1.90. The molecule has 1 N–H and O–H groups in total. The lowest BCUT2D eigenvalue weighted by molar-refractivity contribution is -0.122. The second kappa shape index (κ2) is 5.77. The summed E-state index contributed by atoms with van der Waals surface area (Å²) < 4.78 is 2.05. The first-order valence-electron chi connectivity index (χ1n) is 5.69. The van der Waals surface area contributed by atoms with E-state index in [4.69, 9.17) is 9.90 Å². The second-order valence-electron chi connectivity index (χ2n) is 3.87. The van der Waals surface area contributed by atoms with Gasteiger partial charge in [0.25, 0.3) is 6.47 Å². The summed E-state index contributed by atoms with van der Waals surface area (Å²) >= 11 is 0. The van der Waals surface area contributed by atoms with Gasteiger partial charge in [-0.3, -0.25) is 14.2 Å². The lowest BCUT2D eigenvalue weighted by atomic mass is 10.1. The third-order valence-corrected chi connectivity index (χ3v) is 2.74. The highest BCUT2D eigenvalue weighted by Gasteiger charge is 2.06. The molecule has 0 aliphatic carbocycles. The van der Waals surface area contributed by atoms with Crippen molar-refractivity contribution in [2.24, 2.45) is 0 Å². The Kier molecular flexibility index (Phi) is 3.87. The first-order chi connectivity index (χ1) is 9.27. The Morgan fingerprint density at radius 2 is 2.00 bits per heavy atom. The Bertz CT molecular complexity index is 692. The second-order valence-corrected chi connectivity index (χ2v) is 3.87. The predicted octanol–water partition coefficient (Wildman–Crippen LogP) is 2.41. The van der Waals surface area contributed by atoms with Gasteiger partial charge in [-0.2, -0.15) is 0 Å². The van der Waals surface area contributed by atoms with E-state index >= 15 is 0 Å². The van der Waals surface area contributed by atoms with E-state index in [1.807, 2.05) is 24.5 Å². The summed E-state index contributed by atoms with van der Waals surface area (Å²) in [6.45, 7) is 1.86. The summed E-state index contributed by atoms with van der Waals surface area (Å²) in [5.74, 6) is 0. The Morgan fingerprint density at radius 3 is 2.74 bits per heavy atom. The largest absolute Gasteiger partial charge is 0.483 e. The zero-order valence-electron chi connectivity index (χ0n) is 10.4. The number of rotatable bonds is 1. The number of fused-ring (bicyclic) bond motifs is 1. The van der Waals surface area contributed by atoms with Gasteiger partial charge in [0.2, 0.25) is 0 Å². The van der Waals surface area contributed by atoms with Crippen molar-refractivity contribution < 1.29 is 9.90 Å². The van der Waals surface area contributed by atoms with E-state index in [1.165, 1.54) is 11.1 Å². The normalized spacial score (nSPS) is 9.74. The van der Waals surface area contributed by atoms with Crippen LogP contribution >= 0.6 is 0 Å². The molecule has 3 rings (SSSR count). The van der Waals surface area contributed by atoms with E-state index in [2.05, 4.69) is 33.4 Å². The van der Waals surface area contributed by atoms with Gasteiger partial charge in [-0.15, -0.1) is 0 Å². The van der Waals surface area contributed by atoms with Crippen molar-refractivity contribution in [2.45, 2.75) is 6.92 Å². The molecule has 0 saturated heterocycles. The number of hydrogen-bond donors (Lipinski definition) is 1. The number of carboxylic acid groups (broad SMARTS) is 1. The summed E-state index contributed by atoms with van der Waals surface area (Å²) in [5, 5.41) is 6.89. The molecular formula is C14H13N3O2. The van der Waals surface area contributed by atoms with Crippen molar-refractivity contribution in [1.29, 1.82) is 0 Å². The van der Waals surface area contributed by atoms with E-state index in [1.54, 1.807) is 12.4 Å². The molecule has 0 bridgehead atoms. The minimum Gasteiger partial charge on any atom is -0.483 e. The van der Waals surface area contributed by atoms with Crippen molar-refractivity contribution in [1.82, 2.24) is 14.4 Å². The van der Waals surface area contributed by atoms with E-state index < -0.39 is 0 Å². The number of nitrogens with zero attached hydrogens (tertiary/aromatic N) is 3. The first-order valence-corrected chi connectivity index (χ1v) is 5.69. The first kappa shape index (κ1) is 12.8. The molecule has 0 radical (unpaired) electrons. The van der Waals surface area contributed by atoms with E-state index in [9.17, 15) is 0 Å². The zero-order valence-corrected chi connectivity index (χ0v) is 10.4. The summed E-state index contributed by atoms with van der Waals surface area (Å²) in [6.07, 6.45) is 7.36. The van der Waals surface area contributed by atoms with Gasteiger partial charge in [-0.1, -0.05) is 24.3 Å². The molecule has 0 unspecified atom stereocenters. The zero-order chi connectivity index (χ0) is 13.7. The fourth-order valence-electron chi connectivity index (χ4n) is 1.90. The van der Waals surface area contributed by atoms with Crippen molar-refractivity contribution in [3.05, 3.63) is 54.6 Å². The van der Waals surface area contributed by atoms with Crippen molar-refractivity contribution in [2.75, 3.05) is 0 Å². The van der Waals surface area contributed by atoms with Crippen molar-refractivity contribution in [3.8, 4) is 11.3 Å². The molecule has 2 heterocycles. The van der Waals surface area contributed by atoms with Gasteiger partial charge < -0.3 is 5.11 Å². The molecule has 5 nitrogen and oxygen atoms in total. The summed E-state index contributed by atoms with van der Waals surface area (Å²) in [6, 6.07) is 8.31. The van der Waals surface area contributed by atoms with Crippen LogP contribution in [0.1, 0.15) is 5.56 Å². The minimum atomic E-state index is -0.250. The summed E-state index contributed by atoms with van der Waals surface area (Å²) in [5.41, 5.74) is 4.44. The highest BCUT2D eigenvalue weighted by molar-refractivity contribution is 5.66. The highest BCUT2D eigenvalue weighted by atomic mass is 16.3. The van der Waals surface area contributed by atoms with Gasteiger partial charge in [0, 0.05) is 18.0 Å². The Morgan fingerprint density at radius 1 is 1.26 bits per heavy atom. The highest BCUT2D eigenvalue weighted by Crippen LogP contribution is 2.23. The van der Waals surface area contributed by atoms with Gasteiger partial charge in [0.15, 0.2) is 5.65 Å². The van der Waals surface area contributed by atoms with Crippen LogP contribution in [0.3, 0.4) is 0 Å². The number of aryl methyl sites for hydroxylation is 1. The molecule has 2 aromatic heterocycles. The molecule has 96 valence electrons. The van der Waals surface area contributed by atoms with Crippen molar-refractivity contribution >= 4 is 12.1 Å². The fraction of sp³-hybridized carbons (Fsp3) is 0.0714. The monoisotopic (exact) mass is 255 g/mol. The number of aromatic nitrogens is 3. The number of hydrogen-bond acceptors (Lipinski definition) is 3. The van der Waals surface area contributed by atoms with E-state index in [-0.39, 0.29) is 6.47 Å². The maximum Gasteiger partial charge on any atom is 0.290 e. The molecular weight excluding hydrogens is 242 g/mol. The van der Waals surface area contributed by atoms with Gasteiger partial charge in [0.1, 0.15) is 0 Å². The fourth-order valence-corrected chi connectivity index (χ4v) is 1.90. The lowest BCUT2D eigenvalue weighted by Gasteiger charge is -2.04. The molecule has 1 aromatic carbocycles. The van der Waals surface area contributed by atoms with Crippen LogP contribution in [0.2, 0.25) is 0 Å². The van der Waals surface area contributed by atoms with Crippen LogP contribution in [0.15, 0.2) is 49.1 Å². The Labute approximate surface area is 110 Å². The molecule has 3 aromatic rings. The summed E-state index contributed by atoms with van der Waals surface area (Å²) in [7, 11) is 0. The molecule has 0 saturated carbocycles. The van der Waals surface area contributed by atoms with Crippen LogP contribution in [-0.2, 0) is 4.79 Å². The molecule has 0 spiro atoms. The maximum atomic E-state index is 8.36. The predicted molar refractivity (Wildman–Crippen MR) is 71.9 cm³/mol. The smallest absolute Gasteiger partial charge is 0.290 e. The van der Waals surface area contributed by atoms with Gasteiger partial charge >= 0.3 is 0 Å². The van der Waals surface area contributed by atoms with Gasteiger partial charge in [-0.25, -0.2) is 4.98 Å². The van der Waals surface area contributed by atoms with Crippen LogP contribution in [0.4, 0.5) is 0 Å². The molecule has 0 atom stereocenters. The van der Waals surface area contributed by atoms with Gasteiger partial charge in [0.05, 0.1) is 18.1 Å². The van der Waals surface area contributed by atoms with Crippen molar-refractivity contribution in [3.63, 3.8) is 0 Å². The number of imidazole rings is 1. The average Bonchev–Trinajstić information content (AvgIpc) is 2.84. The Balaban J connectivity index is 0.000000408. The van der Waals surface area contributed by atoms with Crippen LogP contribution in [0.25, 0.3) is 16.9 Å². The molecule has 0 fully saturated rings. The third-order valence-electron chi connectivity index (χ3n) is 2.74. The standard InChI is InChI=1S/C13H11N3.CH2O2/c1-10-4-2-3-5-11(10)12-8-15-13-9-14-6-7-16(12)13;2-1-3/h2-9H,1H3;1H,(H,2,3). The maximum absolute atomic E-state index is 8.36. The Hall–Kier alpha value is -2.69. The molecule has 19 heavy (non-hydrogen) atoms. The van der Waals surface area contributed by atoms with Crippen LogP contribution in [0, 0.1) is 6.92 Å². The summed E-state index contributed by atoms with van der Waals surface area (Å²) in [4.78, 5) is 16.8. The number of benzene rings is 1. The average molecular weight is 255 g/mol. The molecule has 0 aliphatic heterocycles. The number of carbonyl (C=O) groups is 1. The van der Waals surface area contributed by atoms with Crippen LogP contribution in [-0.4, -0.2) is 25.9 Å². The SMILES string of the molecule is Cc1ccccc1-c1cnc2cnccn12.O=CO. The van der Waals surface area contributed by atoms with Gasteiger partial charge in [-0.05, 0) is 12.5 Å². The molecule has 5 heteroatoms. The third kappa shape index (κ3) is 2.60. The molecule has 0 aliphatic rings. The minimum absolute atomic E-state index is 0.250. The van der Waals surface area contributed by atoms with Crippen LogP contribution in [0.5, 0.6) is 0 Å². The van der Waals surface area contributed by atoms with E-state index in [0.717, 1.165) is 11.3 Å². The molecule has 0 amide bonds.